The van der Waals surface area contributed by atoms with Crippen LogP contribution in [0.1, 0.15) is 50.9 Å². The van der Waals surface area contributed by atoms with E-state index in [4.69, 9.17) is 0 Å². The van der Waals surface area contributed by atoms with Gasteiger partial charge in [-0.25, -0.2) is 0 Å². The fourth-order valence-electron chi connectivity index (χ4n) is 2.27. The van der Waals surface area contributed by atoms with Crippen molar-refractivity contribution in [1.29, 1.82) is 0 Å². The van der Waals surface area contributed by atoms with Gasteiger partial charge in [-0.1, -0.05) is 45.9 Å². The number of hydrogen-bond donors (Lipinski definition) is 2. The van der Waals surface area contributed by atoms with Crippen LogP contribution in [0.5, 0.6) is 0 Å². The fourth-order valence-corrected chi connectivity index (χ4v) is 2.27. The quantitative estimate of drug-likeness (QED) is 0.831. The molecular formula is C16H24N2O2. The van der Waals surface area contributed by atoms with Crippen LogP contribution in [0.2, 0.25) is 0 Å². The van der Waals surface area contributed by atoms with E-state index in [0.717, 1.165) is 6.42 Å². The molecule has 1 aromatic carbocycles. The summed E-state index contributed by atoms with van der Waals surface area (Å²) in [6.07, 6.45) is 1.37. The lowest BCUT2D eigenvalue weighted by Crippen LogP contribution is -2.42. The first-order chi connectivity index (χ1) is 9.28. The van der Waals surface area contributed by atoms with Gasteiger partial charge < -0.3 is 0 Å². The van der Waals surface area contributed by atoms with Crippen molar-refractivity contribution in [3.8, 4) is 0 Å². The molecule has 2 N–H and O–H groups in total. The number of nitrogens with one attached hydrogen (secondary N) is 2. The second-order valence-corrected chi connectivity index (χ2v) is 6.44. The summed E-state index contributed by atoms with van der Waals surface area (Å²) >= 11 is 0. The minimum absolute atomic E-state index is 0.161. The van der Waals surface area contributed by atoms with Gasteiger partial charge in [-0.3, -0.25) is 20.4 Å². The molecule has 0 saturated heterocycles. The second kappa shape index (κ2) is 7.08. The van der Waals surface area contributed by atoms with Crippen LogP contribution in [0.4, 0.5) is 0 Å². The van der Waals surface area contributed by atoms with Crippen LogP contribution in [0.3, 0.4) is 0 Å². The summed E-state index contributed by atoms with van der Waals surface area (Å²) < 4.78 is 0. The first kappa shape index (κ1) is 16.2. The van der Waals surface area contributed by atoms with Gasteiger partial charge in [0.25, 0.3) is 5.91 Å². The van der Waals surface area contributed by atoms with E-state index in [-0.39, 0.29) is 23.1 Å². The van der Waals surface area contributed by atoms with Crippen LogP contribution in [-0.2, 0) is 4.79 Å². The zero-order chi connectivity index (χ0) is 15.2. The SMILES string of the molecule is CC(CC(=O)NNC(=O)c1ccccc1)CC(C)(C)C. The first-order valence-corrected chi connectivity index (χ1v) is 6.92. The minimum atomic E-state index is -0.303. The van der Waals surface area contributed by atoms with Gasteiger partial charge in [0.05, 0.1) is 0 Å². The molecule has 1 unspecified atom stereocenters. The van der Waals surface area contributed by atoms with Crippen LogP contribution < -0.4 is 10.9 Å². The molecule has 4 heteroatoms. The highest BCUT2D eigenvalue weighted by Gasteiger charge is 2.18. The molecule has 1 rings (SSSR count). The Morgan fingerprint density at radius 1 is 1.10 bits per heavy atom. The molecule has 0 bridgehead atoms. The molecule has 1 aromatic rings. The first-order valence-electron chi connectivity index (χ1n) is 6.92. The van der Waals surface area contributed by atoms with Gasteiger partial charge >= 0.3 is 0 Å². The third-order valence-corrected chi connectivity index (χ3v) is 2.85. The van der Waals surface area contributed by atoms with Crippen molar-refractivity contribution in [3.63, 3.8) is 0 Å². The molecule has 1 atom stereocenters. The van der Waals surface area contributed by atoms with Crippen molar-refractivity contribution >= 4 is 11.8 Å². The number of amides is 2. The lowest BCUT2D eigenvalue weighted by Gasteiger charge is -2.22. The van der Waals surface area contributed by atoms with Crippen LogP contribution in [-0.4, -0.2) is 11.8 Å². The van der Waals surface area contributed by atoms with Gasteiger partial charge in [0.1, 0.15) is 0 Å². The topological polar surface area (TPSA) is 58.2 Å². The maximum atomic E-state index is 11.7. The van der Waals surface area contributed by atoms with E-state index in [0.29, 0.717) is 12.0 Å². The third kappa shape index (κ3) is 6.36. The molecule has 0 fully saturated rings. The zero-order valence-corrected chi connectivity index (χ0v) is 12.7. The predicted molar refractivity (Wildman–Crippen MR) is 79.9 cm³/mol. The maximum absolute atomic E-state index is 11.7. The van der Waals surface area contributed by atoms with Gasteiger partial charge in [-0.15, -0.1) is 0 Å². The highest BCUT2D eigenvalue weighted by atomic mass is 16.2. The summed E-state index contributed by atoms with van der Waals surface area (Å²) in [5.74, 6) is -0.183. The van der Waals surface area contributed by atoms with Crippen LogP contribution in [0.25, 0.3) is 0 Å². The molecule has 20 heavy (non-hydrogen) atoms. The molecule has 0 aromatic heterocycles. The molecule has 0 radical (unpaired) electrons. The Hall–Kier alpha value is -1.84. The van der Waals surface area contributed by atoms with E-state index < -0.39 is 0 Å². The molecule has 2 amide bonds. The summed E-state index contributed by atoms with van der Waals surface area (Å²) in [6, 6.07) is 8.79. The highest BCUT2D eigenvalue weighted by molar-refractivity contribution is 5.95. The predicted octanol–water partition coefficient (Wildman–Crippen LogP) is 2.91. The summed E-state index contributed by atoms with van der Waals surface area (Å²) in [7, 11) is 0. The Morgan fingerprint density at radius 2 is 1.70 bits per heavy atom. The Kier molecular flexibility index (Phi) is 5.74. The Labute approximate surface area is 120 Å². The molecule has 0 spiro atoms. The standard InChI is InChI=1S/C16H24N2O2/c1-12(11-16(2,3)4)10-14(19)17-18-15(20)13-8-6-5-7-9-13/h5-9,12H,10-11H2,1-4H3,(H,17,19)(H,18,20). The molecule has 110 valence electrons. The zero-order valence-electron chi connectivity index (χ0n) is 12.7. The van der Waals surface area contributed by atoms with Gasteiger partial charge in [-0.2, -0.15) is 0 Å². The van der Waals surface area contributed by atoms with Crippen LogP contribution >= 0.6 is 0 Å². The van der Waals surface area contributed by atoms with Crippen molar-refractivity contribution < 1.29 is 9.59 Å². The number of benzene rings is 1. The van der Waals surface area contributed by atoms with E-state index >= 15 is 0 Å². The smallest absolute Gasteiger partial charge is 0.269 e. The van der Waals surface area contributed by atoms with Crippen molar-refractivity contribution in [2.75, 3.05) is 0 Å². The van der Waals surface area contributed by atoms with E-state index in [9.17, 15) is 9.59 Å². The number of carbonyl (C=O) groups is 2. The van der Waals surface area contributed by atoms with Gasteiger partial charge in [0.15, 0.2) is 0 Å². The van der Waals surface area contributed by atoms with Crippen molar-refractivity contribution in [2.24, 2.45) is 11.3 Å². The largest absolute Gasteiger partial charge is 0.273 e. The molecule has 0 aliphatic heterocycles. The monoisotopic (exact) mass is 276 g/mol. The molecule has 0 aliphatic rings. The average molecular weight is 276 g/mol. The van der Waals surface area contributed by atoms with Gasteiger partial charge in [0.2, 0.25) is 5.91 Å². The third-order valence-electron chi connectivity index (χ3n) is 2.85. The van der Waals surface area contributed by atoms with Crippen molar-refractivity contribution in [2.45, 2.75) is 40.5 Å². The Balaban J connectivity index is 2.35. The van der Waals surface area contributed by atoms with E-state index in [1.807, 2.05) is 13.0 Å². The summed E-state index contributed by atoms with van der Waals surface area (Å²) in [6.45, 7) is 8.50. The van der Waals surface area contributed by atoms with Crippen molar-refractivity contribution in [1.82, 2.24) is 10.9 Å². The Morgan fingerprint density at radius 3 is 2.25 bits per heavy atom. The van der Waals surface area contributed by atoms with E-state index in [1.165, 1.54) is 0 Å². The number of hydrazine groups is 1. The van der Waals surface area contributed by atoms with E-state index in [1.54, 1.807) is 24.3 Å². The minimum Gasteiger partial charge on any atom is -0.273 e. The second-order valence-electron chi connectivity index (χ2n) is 6.44. The highest BCUT2D eigenvalue weighted by Crippen LogP contribution is 2.25. The lowest BCUT2D eigenvalue weighted by molar-refractivity contribution is -0.122. The molecular weight excluding hydrogens is 252 g/mol. The van der Waals surface area contributed by atoms with Gasteiger partial charge in [-0.05, 0) is 29.9 Å². The van der Waals surface area contributed by atoms with E-state index in [2.05, 4.69) is 31.6 Å². The van der Waals surface area contributed by atoms with Crippen LogP contribution in [0.15, 0.2) is 30.3 Å². The summed E-state index contributed by atoms with van der Waals surface area (Å²) in [5, 5.41) is 0. The molecule has 0 saturated carbocycles. The molecule has 4 nitrogen and oxygen atoms in total. The molecule has 0 heterocycles. The Bertz CT molecular complexity index is 449. The normalized spacial score (nSPS) is 12.6. The van der Waals surface area contributed by atoms with Crippen LogP contribution in [0, 0.1) is 11.3 Å². The lowest BCUT2D eigenvalue weighted by atomic mass is 9.84. The number of carbonyl (C=O) groups excluding carboxylic acids is 2. The average Bonchev–Trinajstić information content (AvgIpc) is 2.34. The number of hydrogen-bond acceptors (Lipinski definition) is 2. The van der Waals surface area contributed by atoms with Crippen molar-refractivity contribution in [3.05, 3.63) is 35.9 Å². The summed E-state index contributed by atoms with van der Waals surface area (Å²) in [5.41, 5.74) is 5.61. The van der Waals surface area contributed by atoms with Gasteiger partial charge in [0, 0.05) is 12.0 Å². The summed E-state index contributed by atoms with van der Waals surface area (Å²) in [4.78, 5) is 23.5. The maximum Gasteiger partial charge on any atom is 0.269 e. The number of rotatable bonds is 4. The molecule has 0 aliphatic carbocycles. The fraction of sp³-hybridized carbons (Fsp3) is 0.500.